The zero-order valence-electron chi connectivity index (χ0n) is 9.72. The number of rotatable bonds is 5. The van der Waals surface area contributed by atoms with Crippen molar-refractivity contribution in [3.8, 4) is 0 Å². The van der Waals surface area contributed by atoms with E-state index in [1.54, 1.807) is 0 Å². The zero-order valence-corrected chi connectivity index (χ0v) is 9.72. The van der Waals surface area contributed by atoms with Crippen molar-refractivity contribution in [2.75, 3.05) is 0 Å². The van der Waals surface area contributed by atoms with E-state index in [0.717, 1.165) is 25.2 Å². The minimum atomic E-state index is 0.0644. The lowest BCUT2D eigenvalue weighted by Crippen LogP contribution is -2.28. The van der Waals surface area contributed by atoms with Crippen molar-refractivity contribution in [3.05, 3.63) is 0 Å². The number of aldehydes is 1. The molecule has 82 valence electrons. The smallest absolute Gasteiger partial charge is 0.126 e. The molecule has 0 aromatic heterocycles. The highest BCUT2D eigenvalue weighted by atomic mass is 16.1. The monoisotopic (exact) mass is 196 g/mol. The predicted octanol–water partition coefficient (Wildman–Crippen LogP) is 3.96. The summed E-state index contributed by atoms with van der Waals surface area (Å²) in [6, 6.07) is 0. The molecule has 0 unspecified atom stereocenters. The van der Waals surface area contributed by atoms with E-state index >= 15 is 0 Å². The third-order valence-electron chi connectivity index (χ3n) is 3.95. The van der Waals surface area contributed by atoms with Gasteiger partial charge in [0.15, 0.2) is 0 Å². The molecule has 14 heavy (non-hydrogen) atoms. The van der Waals surface area contributed by atoms with Crippen LogP contribution in [0, 0.1) is 11.3 Å². The molecule has 0 spiro atoms. The van der Waals surface area contributed by atoms with Gasteiger partial charge in [-0.3, -0.25) is 0 Å². The summed E-state index contributed by atoms with van der Waals surface area (Å²) in [7, 11) is 0. The van der Waals surface area contributed by atoms with Crippen molar-refractivity contribution in [2.24, 2.45) is 11.3 Å². The number of hydrogen-bond donors (Lipinski definition) is 0. The Morgan fingerprint density at radius 2 is 1.71 bits per heavy atom. The molecular formula is C13H24O. The van der Waals surface area contributed by atoms with Gasteiger partial charge in [0, 0.05) is 5.41 Å². The summed E-state index contributed by atoms with van der Waals surface area (Å²) >= 11 is 0. The summed E-state index contributed by atoms with van der Waals surface area (Å²) in [5.41, 5.74) is 0.0644. The Labute approximate surface area is 88.3 Å². The number of hydrogen-bond acceptors (Lipinski definition) is 1. The summed E-state index contributed by atoms with van der Waals surface area (Å²) in [6.07, 6.45) is 11.0. The van der Waals surface area contributed by atoms with Gasteiger partial charge in [0.25, 0.3) is 0 Å². The molecule has 0 amide bonds. The normalized spacial score (nSPS) is 21.1. The van der Waals surface area contributed by atoms with Crippen LogP contribution in [-0.4, -0.2) is 6.29 Å². The van der Waals surface area contributed by atoms with E-state index in [1.807, 2.05) is 0 Å². The Morgan fingerprint density at radius 1 is 1.14 bits per heavy atom. The first-order valence-corrected chi connectivity index (χ1v) is 6.22. The van der Waals surface area contributed by atoms with Crippen LogP contribution >= 0.6 is 0 Å². The van der Waals surface area contributed by atoms with E-state index in [9.17, 15) is 4.79 Å². The first-order chi connectivity index (χ1) is 6.76. The van der Waals surface area contributed by atoms with Crippen molar-refractivity contribution in [1.29, 1.82) is 0 Å². The minimum Gasteiger partial charge on any atom is -0.303 e. The second-order valence-corrected chi connectivity index (χ2v) is 4.93. The Balaban J connectivity index is 2.54. The fourth-order valence-corrected chi connectivity index (χ4v) is 2.78. The van der Waals surface area contributed by atoms with Gasteiger partial charge in [-0.25, -0.2) is 0 Å². The van der Waals surface area contributed by atoms with Gasteiger partial charge in [0.05, 0.1) is 0 Å². The maximum Gasteiger partial charge on any atom is 0.126 e. The summed E-state index contributed by atoms with van der Waals surface area (Å²) in [5, 5.41) is 0. The molecule has 1 aliphatic carbocycles. The van der Waals surface area contributed by atoms with Crippen LogP contribution in [0.2, 0.25) is 0 Å². The highest BCUT2D eigenvalue weighted by Gasteiger charge is 2.33. The Kier molecular flexibility index (Phi) is 4.64. The first kappa shape index (κ1) is 11.7. The second-order valence-electron chi connectivity index (χ2n) is 4.93. The molecule has 0 radical (unpaired) electrons. The van der Waals surface area contributed by atoms with Gasteiger partial charge in [-0.1, -0.05) is 46.0 Å². The predicted molar refractivity (Wildman–Crippen MR) is 60.3 cm³/mol. The van der Waals surface area contributed by atoms with Crippen LogP contribution in [0.15, 0.2) is 0 Å². The molecule has 0 aromatic carbocycles. The molecule has 0 saturated heterocycles. The maximum atomic E-state index is 11.2. The molecule has 1 heteroatoms. The number of carbonyl (C=O) groups is 1. The third-order valence-corrected chi connectivity index (χ3v) is 3.95. The van der Waals surface area contributed by atoms with Gasteiger partial charge in [-0.2, -0.15) is 0 Å². The van der Waals surface area contributed by atoms with Crippen molar-refractivity contribution < 1.29 is 4.79 Å². The van der Waals surface area contributed by atoms with Crippen LogP contribution < -0.4 is 0 Å². The van der Waals surface area contributed by atoms with Crippen LogP contribution in [0.1, 0.15) is 65.2 Å². The van der Waals surface area contributed by atoms with Gasteiger partial charge in [-0.15, -0.1) is 0 Å². The summed E-state index contributed by atoms with van der Waals surface area (Å²) in [6.45, 7) is 4.49. The van der Waals surface area contributed by atoms with E-state index in [4.69, 9.17) is 0 Å². The van der Waals surface area contributed by atoms with Crippen LogP contribution in [0.3, 0.4) is 0 Å². The van der Waals surface area contributed by atoms with Gasteiger partial charge in [-0.05, 0) is 25.2 Å². The Hall–Kier alpha value is -0.330. The van der Waals surface area contributed by atoms with Crippen molar-refractivity contribution >= 4 is 6.29 Å². The molecule has 0 aliphatic heterocycles. The van der Waals surface area contributed by atoms with E-state index < -0.39 is 0 Å². The molecule has 0 N–H and O–H groups in total. The Bertz CT molecular complexity index is 164. The summed E-state index contributed by atoms with van der Waals surface area (Å²) in [5.74, 6) is 0.762. The standard InChI is InChI=1S/C13H24O/c1-3-12(4-2)10-13(11-14)8-6-5-7-9-13/h11-12H,3-10H2,1-2H3. The van der Waals surface area contributed by atoms with Gasteiger partial charge >= 0.3 is 0 Å². The van der Waals surface area contributed by atoms with Crippen LogP contribution in [-0.2, 0) is 4.79 Å². The Morgan fingerprint density at radius 3 is 2.14 bits per heavy atom. The highest BCUT2D eigenvalue weighted by Crippen LogP contribution is 2.40. The van der Waals surface area contributed by atoms with Crippen molar-refractivity contribution in [1.82, 2.24) is 0 Å². The first-order valence-electron chi connectivity index (χ1n) is 6.22. The van der Waals surface area contributed by atoms with Crippen molar-refractivity contribution in [2.45, 2.75) is 65.2 Å². The molecular weight excluding hydrogens is 172 g/mol. The molecule has 1 nitrogen and oxygen atoms in total. The third kappa shape index (κ3) is 2.83. The van der Waals surface area contributed by atoms with Crippen LogP contribution in [0.25, 0.3) is 0 Å². The van der Waals surface area contributed by atoms with Crippen LogP contribution in [0.5, 0.6) is 0 Å². The molecule has 0 heterocycles. The summed E-state index contributed by atoms with van der Waals surface area (Å²) in [4.78, 5) is 11.2. The fraction of sp³-hybridized carbons (Fsp3) is 0.923. The van der Waals surface area contributed by atoms with Gasteiger partial charge in [0.1, 0.15) is 6.29 Å². The van der Waals surface area contributed by atoms with Gasteiger partial charge < -0.3 is 4.79 Å². The molecule has 0 aromatic rings. The SMILES string of the molecule is CCC(CC)CC1(C=O)CCCCC1. The molecule has 1 rings (SSSR count). The lowest BCUT2D eigenvalue weighted by atomic mass is 9.69. The van der Waals surface area contributed by atoms with E-state index in [2.05, 4.69) is 13.8 Å². The highest BCUT2D eigenvalue weighted by molar-refractivity contribution is 5.59. The van der Waals surface area contributed by atoms with E-state index in [1.165, 1.54) is 38.4 Å². The lowest BCUT2D eigenvalue weighted by Gasteiger charge is -2.34. The van der Waals surface area contributed by atoms with Crippen LogP contribution in [0.4, 0.5) is 0 Å². The van der Waals surface area contributed by atoms with Gasteiger partial charge in [0.2, 0.25) is 0 Å². The average Bonchev–Trinajstić information content (AvgIpc) is 2.27. The van der Waals surface area contributed by atoms with E-state index in [-0.39, 0.29) is 5.41 Å². The molecule has 1 aliphatic rings. The topological polar surface area (TPSA) is 17.1 Å². The largest absolute Gasteiger partial charge is 0.303 e. The maximum absolute atomic E-state index is 11.2. The van der Waals surface area contributed by atoms with Crippen molar-refractivity contribution in [3.63, 3.8) is 0 Å². The number of carbonyl (C=O) groups excluding carboxylic acids is 1. The quantitative estimate of drug-likeness (QED) is 0.608. The molecule has 0 atom stereocenters. The average molecular weight is 196 g/mol. The zero-order chi connectivity index (χ0) is 10.4. The minimum absolute atomic E-state index is 0.0644. The van der Waals surface area contributed by atoms with E-state index in [0.29, 0.717) is 0 Å². The molecule has 0 bridgehead atoms. The molecule has 1 saturated carbocycles. The fourth-order valence-electron chi connectivity index (χ4n) is 2.78. The molecule has 1 fully saturated rings. The lowest BCUT2D eigenvalue weighted by molar-refractivity contribution is -0.119. The summed E-state index contributed by atoms with van der Waals surface area (Å²) < 4.78 is 0. The second kappa shape index (κ2) is 5.53.